The number of fused-ring (bicyclic) bond motifs is 1. The fourth-order valence-electron chi connectivity index (χ4n) is 4.37. The molecule has 35 heavy (non-hydrogen) atoms. The van der Waals surface area contributed by atoms with Crippen molar-refractivity contribution in [3.8, 4) is 5.75 Å². The molecule has 4 rings (SSSR count). The molecule has 2 amide bonds. The Morgan fingerprint density at radius 2 is 2.00 bits per heavy atom. The van der Waals surface area contributed by atoms with E-state index in [-0.39, 0.29) is 30.2 Å². The van der Waals surface area contributed by atoms with Crippen LogP contribution in [0.1, 0.15) is 72.7 Å². The first-order valence-corrected chi connectivity index (χ1v) is 12.3. The van der Waals surface area contributed by atoms with Crippen molar-refractivity contribution in [2.45, 2.75) is 52.7 Å². The zero-order chi connectivity index (χ0) is 24.8. The predicted molar refractivity (Wildman–Crippen MR) is 133 cm³/mol. The lowest BCUT2D eigenvalue weighted by Gasteiger charge is -2.38. The molecule has 0 aliphatic carbocycles. The average Bonchev–Trinajstić information content (AvgIpc) is 3.34. The first kappa shape index (κ1) is 24.5. The number of rotatable bonds is 9. The maximum Gasteiger partial charge on any atom is 0.273 e. The number of oxazole rings is 1. The molecule has 0 saturated heterocycles. The predicted octanol–water partition coefficient (Wildman–Crippen LogP) is 4.91. The van der Waals surface area contributed by atoms with Gasteiger partial charge in [-0.2, -0.15) is 0 Å². The van der Waals surface area contributed by atoms with Crippen LogP contribution in [0.25, 0.3) is 0 Å². The Morgan fingerprint density at radius 1 is 1.20 bits per heavy atom. The number of hydrogen-bond acceptors (Lipinski definition) is 5. The van der Waals surface area contributed by atoms with Gasteiger partial charge >= 0.3 is 0 Å². The summed E-state index contributed by atoms with van der Waals surface area (Å²) < 4.78 is 11.4. The highest BCUT2D eigenvalue weighted by Gasteiger charge is 2.32. The highest BCUT2D eigenvalue weighted by molar-refractivity contribution is 5.91. The highest BCUT2D eigenvalue weighted by Crippen LogP contribution is 2.37. The molecule has 1 aliphatic heterocycles. The molecule has 7 nitrogen and oxygen atoms in total. The van der Waals surface area contributed by atoms with Gasteiger partial charge in [-0.15, -0.1) is 0 Å². The van der Waals surface area contributed by atoms with Gasteiger partial charge in [0.15, 0.2) is 12.3 Å². The maximum absolute atomic E-state index is 13.2. The fourth-order valence-corrected chi connectivity index (χ4v) is 4.37. The monoisotopic (exact) mass is 475 g/mol. The van der Waals surface area contributed by atoms with E-state index in [0.29, 0.717) is 37.1 Å². The van der Waals surface area contributed by atoms with Crippen molar-refractivity contribution < 1.29 is 18.7 Å². The van der Waals surface area contributed by atoms with Crippen LogP contribution in [-0.2, 0) is 17.8 Å². The van der Waals surface area contributed by atoms with Gasteiger partial charge in [0.1, 0.15) is 12.0 Å². The van der Waals surface area contributed by atoms with E-state index in [1.54, 1.807) is 0 Å². The fraction of sp³-hybridized carbons (Fsp3) is 0.393. The van der Waals surface area contributed by atoms with Crippen LogP contribution in [0.4, 0.5) is 0 Å². The molecule has 1 atom stereocenters. The van der Waals surface area contributed by atoms with Gasteiger partial charge in [0.05, 0.1) is 6.04 Å². The van der Waals surface area contributed by atoms with Crippen LogP contribution in [0.3, 0.4) is 0 Å². The summed E-state index contributed by atoms with van der Waals surface area (Å²) in [6.07, 6.45) is 3.52. The standard InChI is InChI=1S/C28H33N3O4/c1-4-13-29-28(33)24-17-35-25(30-24)18-34-22-11-10-20-12-14-31(26(32)15-19(2)3)27(23(20)16-22)21-8-6-5-7-9-21/h5-11,16-17,19,27H,4,12-15,18H2,1-3H3,(H,29,33). The second-order valence-electron chi connectivity index (χ2n) is 9.28. The molecule has 0 fully saturated rings. The van der Waals surface area contributed by atoms with Gasteiger partial charge in [0.25, 0.3) is 5.91 Å². The van der Waals surface area contributed by atoms with E-state index in [0.717, 1.165) is 24.0 Å². The van der Waals surface area contributed by atoms with E-state index < -0.39 is 0 Å². The number of benzene rings is 2. The molecule has 0 saturated carbocycles. The molecule has 1 unspecified atom stereocenters. The molecule has 1 N–H and O–H groups in total. The quantitative estimate of drug-likeness (QED) is 0.475. The first-order valence-electron chi connectivity index (χ1n) is 12.3. The summed E-state index contributed by atoms with van der Waals surface area (Å²) in [5.74, 6) is 1.20. The number of amides is 2. The number of nitrogens with zero attached hydrogens (tertiary/aromatic N) is 2. The number of carbonyl (C=O) groups is 2. The summed E-state index contributed by atoms with van der Waals surface area (Å²) in [7, 11) is 0. The zero-order valence-electron chi connectivity index (χ0n) is 20.6. The van der Waals surface area contributed by atoms with E-state index in [4.69, 9.17) is 9.15 Å². The molecule has 2 heterocycles. The Labute approximate surface area is 206 Å². The number of ether oxygens (including phenoxy) is 1. The minimum absolute atomic E-state index is 0.103. The lowest BCUT2D eigenvalue weighted by molar-refractivity contribution is -0.134. The van der Waals surface area contributed by atoms with Crippen LogP contribution in [0, 0.1) is 5.92 Å². The van der Waals surface area contributed by atoms with Crippen LogP contribution < -0.4 is 10.1 Å². The minimum atomic E-state index is -0.257. The van der Waals surface area contributed by atoms with Crippen molar-refractivity contribution >= 4 is 11.8 Å². The van der Waals surface area contributed by atoms with E-state index >= 15 is 0 Å². The van der Waals surface area contributed by atoms with Crippen molar-refractivity contribution in [1.82, 2.24) is 15.2 Å². The highest BCUT2D eigenvalue weighted by atomic mass is 16.5. The molecule has 2 aromatic carbocycles. The van der Waals surface area contributed by atoms with E-state index in [1.807, 2.05) is 42.2 Å². The van der Waals surface area contributed by atoms with E-state index in [1.165, 1.54) is 11.8 Å². The number of aromatic nitrogens is 1. The van der Waals surface area contributed by atoms with E-state index in [9.17, 15) is 9.59 Å². The van der Waals surface area contributed by atoms with Crippen molar-refractivity contribution in [1.29, 1.82) is 0 Å². The normalized spacial score (nSPS) is 15.1. The molecular formula is C28H33N3O4. The zero-order valence-corrected chi connectivity index (χ0v) is 20.6. The third-order valence-electron chi connectivity index (χ3n) is 6.05. The van der Waals surface area contributed by atoms with Crippen molar-refractivity contribution in [2.24, 2.45) is 5.92 Å². The molecule has 7 heteroatoms. The second kappa shape index (κ2) is 11.2. The maximum atomic E-state index is 13.2. The van der Waals surface area contributed by atoms with Crippen LogP contribution in [0.2, 0.25) is 0 Å². The van der Waals surface area contributed by atoms with Gasteiger partial charge in [-0.05, 0) is 47.6 Å². The van der Waals surface area contributed by atoms with Crippen LogP contribution in [0.15, 0.2) is 59.2 Å². The lowest BCUT2D eigenvalue weighted by atomic mass is 9.87. The molecule has 0 spiro atoms. The SMILES string of the molecule is CCCNC(=O)c1coc(COc2ccc3c(c2)C(c2ccccc2)N(C(=O)CC(C)C)CC3)n1. The number of nitrogens with one attached hydrogen (secondary N) is 1. The van der Waals surface area contributed by atoms with Gasteiger partial charge in [-0.1, -0.05) is 57.2 Å². The summed E-state index contributed by atoms with van der Waals surface area (Å²) in [6, 6.07) is 16.0. The van der Waals surface area contributed by atoms with Crippen molar-refractivity contribution in [2.75, 3.05) is 13.1 Å². The van der Waals surface area contributed by atoms with Gasteiger partial charge in [-0.25, -0.2) is 4.98 Å². The first-order chi connectivity index (χ1) is 17.0. The van der Waals surface area contributed by atoms with Crippen molar-refractivity contribution in [3.05, 3.63) is 83.1 Å². The van der Waals surface area contributed by atoms with Gasteiger partial charge in [0, 0.05) is 19.5 Å². The summed E-state index contributed by atoms with van der Waals surface area (Å²) in [5, 5.41) is 2.78. The number of hydrogen-bond donors (Lipinski definition) is 1. The second-order valence-corrected chi connectivity index (χ2v) is 9.28. The Morgan fingerprint density at radius 3 is 2.74 bits per heavy atom. The minimum Gasteiger partial charge on any atom is -0.484 e. The van der Waals surface area contributed by atoms with Gasteiger partial charge < -0.3 is 19.4 Å². The molecule has 184 valence electrons. The topological polar surface area (TPSA) is 84.7 Å². The van der Waals surface area contributed by atoms with Gasteiger partial charge in [-0.3, -0.25) is 9.59 Å². The molecular weight excluding hydrogens is 442 g/mol. The Kier molecular flexibility index (Phi) is 7.85. The molecule has 0 bridgehead atoms. The van der Waals surface area contributed by atoms with Crippen LogP contribution in [-0.4, -0.2) is 34.8 Å². The molecule has 1 aliphatic rings. The lowest BCUT2D eigenvalue weighted by Crippen LogP contribution is -2.41. The van der Waals surface area contributed by atoms with Crippen LogP contribution in [0.5, 0.6) is 5.75 Å². The molecule has 1 aromatic heterocycles. The largest absolute Gasteiger partial charge is 0.484 e. The summed E-state index contributed by atoms with van der Waals surface area (Å²) in [6.45, 7) is 7.51. The Hall–Kier alpha value is -3.61. The summed E-state index contributed by atoms with van der Waals surface area (Å²) in [5.41, 5.74) is 3.61. The summed E-state index contributed by atoms with van der Waals surface area (Å²) in [4.78, 5) is 31.5. The van der Waals surface area contributed by atoms with E-state index in [2.05, 4.69) is 42.3 Å². The third kappa shape index (κ3) is 5.91. The van der Waals surface area contributed by atoms with Crippen molar-refractivity contribution in [3.63, 3.8) is 0 Å². The molecule has 0 radical (unpaired) electrons. The Bertz CT molecular complexity index is 1160. The van der Waals surface area contributed by atoms with Gasteiger partial charge in [0.2, 0.25) is 11.8 Å². The third-order valence-corrected chi connectivity index (χ3v) is 6.05. The van der Waals surface area contributed by atoms with Crippen LogP contribution >= 0.6 is 0 Å². The Balaban J connectivity index is 1.55. The average molecular weight is 476 g/mol. The summed E-state index contributed by atoms with van der Waals surface area (Å²) >= 11 is 0. The smallest absolute Gasteiger partial charge is 0.273 e. The molecule has 3 aromatic rings. The number of carbonyl (C=O) groups excluding carboxylic acids is 2.